The summed E-state index contributed by atoms with van der Waals surface area (Å²) in [6, 6.07) is 10.5. The van der Waals surface area contributed by atoms with Crippen LogP contribution >= 0.6 is 11.6 Å². The van der Waals surface area contributed by atoms with Crippen molar-refractivity contribution in [2.24, 2.45) is 0 Å². The Morgan fingerprint density at radius 1 is 0.964 bits per heavy atom. The quantitative estimate of drug-likeness (QED) is 0.763. The summed E-state index contributed by atoms with van der Waals surface area (Å²) in [5.74, 6) is -1.01. The van der Waals surface area contributed by atoms with E-state index >= 15 is 0 Å². The molecule has 2 amide bonds. The van der Waals surface area contributed by atoms with Crippen molar-refractivity contribution in [3.8, 4) is 11.5 Å². The van der Waals surface area contributed by atoms with Crippen molar-refractivity contribution >= 4 is 34.8 Å². The lowest BCUT2D eigenvalue weighted by Crippen LogP contribution is -2.36. The van der Waals surface area contributed by atoms with E-state index in [0.717, 1.165) is 0 Å². The van der Waals surface area contributed by atoms with Crippen LogP contribution in [-0.2, 0) is 9.59 Å². The van der Waals surface area contributed by atoms with Gasteiger partial charge in [-0.25, -0.2) is 0 Å². The third-order valence-corrected chi connectivity index (χ3v) is 3.89. The van der Waals surface area contributed by atoms with Gasteiger partial charge in [-0.05, 0) is 43.4 Å². The Labute approximate surface area is 164 Å². The number of fused-ring (bicyclic) bond motifs is 1. The summed E-state index contributed by atoms with van der Waals surface area (Å²) in [5, 5.41) is 5.79. The van der Waals surface area contributed by atoms with Crippen LogP contribution in [0.1, 0.15) is 0 Å². The van der Waals surface area contributed by atoms with Gasteiger partial charge in [0, 0.05) is 22.5 Å². The zero-order chi connectivity index (χ0) is 20.3. The molecule has 148 valence electrons. The zero-order valence-electron chi connectivity index (χ0n) is 14.7. The highest BCUT2D eigenvalue weighted by molar-refractivity contribution is 6.30. The number of amides is 2. The van der Waals surface area contributed by atoms with Gasteiger partial charge in [0.05, 0.1) is 13.1 Å². The number of nitrogens with one attached hydrogen (secondary N) is 2. The molecule has 0 fully saturated rings. The summed E-state index contributed by atoms with van der Waals surface area (Å²) in [6.07, 6.45) is -3.72. The van der Waals surface area contributed by atoms with Crippen LogP contribution in [0.5, 0.6) is 11.5 Å². The summed E-state index contributed by atoms with van der Waals surface area (Å²) in [4.78, 5) is 25.6. The third kappa shape index (κ3) is 5.30. The Morgan fingerprint density at radius 3 is 2.14 bits per heavy atom. The average molecular weight is 412 g/mol. The first kappa shape index (κ1) is 19.8. The summed E-state index contributed by atoms with van der Waals surface area (Å²) < 4.78 is 34.7. The third-order valence-electron chi connectivity index (χ3n) is 3.64. The first-order valence-electron chi connectivity index (χ1n) is 8.14. The molecule has 2 N–H and O–H groups in total. The maximum absolute atomic E-state index is 13.0. The second kappa shape index (κ2) is 7.99. The van der Waals surface area contributed by atoms with Crippen molar-refractivity contribution in [2.75, 3.05) is 30.8 Å². The van der Waals surface area contributed by atoms with E-state index in [0.29, 0.717) is 10.7 Å². The molecule has 1 aliphatic heterocycles. The molecule has 1 aliphatic rings. The molecule has 2 aromatic rings. The van der Waals surface area contributed by atoms with Gasteiger partial charge in [-0.3, -0.25) is 14.5 Å². The minimum atomic E-state index is -3.72. The first-order valence-corrected chi connectivity index (χ1v) is 8.52. The van der Waals surface area contributed by atoms with Crippen LogP contribution in [0.25, 0.3) is 0 Å². The number of alkyl halides is 2. The number of anilines is 2. The predicted molar refractivity (Wildman–Crippen MR) is 98.9 cm³/mol. The van der Waals surface area contributed by atoms with Gasteiger partial charge in [-0.2, -0.15) is 0 Å². The Bertz CT molecular complexity index is 893. The van der Waals surface area contributed by atoms with E-state index in [1.54, 1.807) is 31.3 Å². The lowest BCUT2D eigenvalue weighted by atomic mass is 10.2. The maximum atomic E-state index is 13.0. The van der Waals surface area contributed by atoms with E-state index in [-0.39, 0.29) is 36.2 Å². The standard InChI is InChI=1S/C18H16ClF2N3O4/c1-24(9-16(25)22-12-4-2-11(19)3-5-12)10-17(26)23-13-6-7-14-15(8-13)28-18(20,21)27-14/h2-8H,9-10H2,1H3,(H,22,25)(H,23,26). The van der Waals surface area contributed by atoms with E-state index < -0.39 is 12.2 Å². The lowest BCUT2D eigenvalue weighted by molar-refractivity contribution is -0.286. The molecule has 2 aromatic carbocycles. The number of likely N-dealkylation sites (N-methyl/N-ethyl adjacent to an activating group) is 1. The fourth-order valence-electron chi connectivity index (χ4n) is 2.51. The van der Waals surface area contributed by atoms with E-state index in [1.807, 2.05) is 0 Å². The molecule has 28 heavy (non-hydrogen) atoms. The second-order valence-electron chi connectivity index (χ2n) is 6.10. The summed E-state index contributed by atoms with van der Waals surface area (Å²) in [7, 11) is 1.60. The minimum absolute atomic E-state index is 0.0244. The van der Waals surface area contributed by atoms with Gasteiger partial charge in [0.15, 0.2) is 11.5 Å². The van der Waals surface area contributed by atoms with Gasteiger partial charge < -0.3 is 20.1 Å². The molecule has 0 aromatic heterocycles. The van der Waals surface area contributed by atoms with E-state index in [2.05, 4.69) is 20.1 Å². The van der Waals surface area contributed by atoms with Gasteiger partial charge in [0.1, 0.15) is 0 Å². The van der Waals surface area contributed by atoms with E-state index in [4.69, 9.17) is 11.6 Å². The summed E-state index contributed by atoms with van der Waals surface area (Å²) >= 11 is 5.78. The van der Waals surface area contributed by atoms with Gasteiger partial charge in [0.25, 0.3) is 0 Å². The van der Waals surface area contributed by atoms with Gasteiger partial charge in [0.2, 0.25) is 11.8 Å². The number of benzene rings is 2. The van der Waals surface area contributed by atoms with Crippen LogP contribution in [-0.4, -0.2) is 43.1 Å². The number of rotatable bonds is 6. The number of halogens is 3. The van der Waals surface area contributed by atoms with Crippen LogP contribution in [0, 0.1) is 0 Å². The SMILES string of the molecule is CN(CC(=O)Nc1ccc(Cl)cc1)CC(=O)Nc1ccc2c(c1)OC(F)(F)O2. The smallest absolute Gasteiger partial charge is 0.395 e. The van der Waals surface area contributed by atoms with Crippen LogP contribution in [0.4, 0.5) is 20.2 Å². The van der Waals surface area contributed by atoms with Crippen LogP contribution in [0.3, 0.4) is 0 Å². The van der Waals surface area contributed by atoms with Crippen LogP contribution < -0.4 is 20.1 Å². The average Bonchev–Trinajstić information content (AvgIpc) is 2.89. The van der Waals surface area contributed by atoms with Crippen molar-refractivity contribution in [2.45, 2.75) is 6.29 Å². The highest BCUT2D eigenvalue weighted by Gasteiger charge is 2.43. The largest absolute Gasteiger partial charge is 0.586 e. The van der Waals surface area contributed by atoms with Crippen molar-refractivity contribution < 1.29 is 27.8 Å². The normalized spacial score (nSPS) is 14.0. The Morgan fingerprint density at radius 2 is 1.50 bits per heavy atom. The number of hydrogen-bond donors (Lipinski definition) is 2. The van der Waals surface area contributed by atoms with E-state index in [9.17, 15) is 18.4 Å². The molecule has 0 aliphatic carbocycles. The highest BCUT2D eigenvalue weighted by Crippen LogP contribution is 2.42. The molecule has 0 radical (unpaired) electrons. The second-order valence-corrected chi connectivity index (χ2v) is 6.54. The topological polar surface area (TPSA) is 79.9 Å². The Kier molecular flexibility index (Phi) is 5.66. The molecule has 1 heterocycles. The first-order chi connectivity index (χ1) is 13.2. The number of nitrogens with zero attached hydrogens (tertiary/aromatic N) is 1. The van der Waals surface area contributed by atoms with Crippen molar-refractivity contribution in [3.05, 3.63) is 47.5 Å². The monoisotopic (exact) mass is 411 g/mol. The predicted octanol–water partition coefficient (Wildman–Crippen LogP) is 3.17. The maximum Gasteiger partial charge on any atom is 0.586 e. The number of ether oxygens (including phenoxy) is 2. The molecule has 10 heteroatoms. The van der Waals surface area contributed by atoms with Gasteiger partial charge >= 0.3 is 6.29 Å². The van der Waals surface area contributed by atoms with E-state index in [1.165, 1.54) is 23.1 Å². The number of carbonyl (C=O) groups excluding carboxylic acids is 2. The molecular formula is C18H16ClF2N3O4. The summed E-state index contributed by atoms with van der Waals surface area (Å²) in [6.45, 7) is -0.109. The lowest BCUT2D eigenvalue weighted by Gasteiger charge is -2.16. The van der Waals surface area contributed by atoms with Crippen LogP contribution in [0.2, 0.25) is 5.02 Å². The van der Waals surface area contributed by atoms with Crippen molar-refractivity contribution in [1.29, 1.82) is 0 Å². The molecule has 0 spiro atoms. The molecule has 0 saturated carbocycles. The molecular weight excluding hydrogens is 396 g/mol. The minimum Gasteiger partial charge on any atom is -0.395 e. The molecule has 0 saturated heterocycles. The Balaban J connectivity index is 1.48. The highest BCUT2D eigenvalue weighted by atomic mass is 35.5. The molecule has 0 bridgehead atoms. The molecule has 7 nitrogen and oxygen atoms in total. The molecule has 0 unspecified atom stereocenters. The number of hydrogen-bond acceptors (Lipinski definition) is 5. The zero-order valence-corrected chi connectivity index (χ0v) is 15.4. The van der Waals surface area contributed by atoms with Gasteiger partial charge in [-0.15, -0.1) is 8.78 Å². The van der Waals surface area contributed by atoms with Crippen molar-refractivity contribution in [1.82, 2.24) is 4.90 Å². The fourth-order valence-corrected chi connectivity index (χ4v) is 2.63. The van der Waals surface area contributed by atoms with Crippen LogP contribution in [0.15, 0.2) is 42.5 Å². The number of carbonyl (C=O) groups is 2. The van der Waals surface area contributed by atoms with Gasteiger partial charge in [-0.1, -0.05) is 11.6 Å². The fraction of sp³-hybridized carbons (Fsp3) is 0.222. The molecule has 3 rings (SSSR count). The summed E-state index contributed by atoms with van der Waals surface area (Å²) in [5.41, 5.74) is 0.855. The molecule has 0 atom stereocenters. The van der Waals surface area contributed by atoms with Crippen molar-refractivity contribution in [3.63, 3.8) is 0 Å². The Hall–Kier alpha value is -2.91.